The highest BCUT2D eigenvalue weighted by molar-refractivity contribution is 6.36. The van der Waals surface area contributed by atoms with Crippen LogP contribution >= 0.6 is 11.6 Å². The van der Waals surface area contributed by atoms with Gasteiger partial charge in [0, 0.05) is 12.1 Å². The second-order valence-electron chi connectivity index (χ2n) is 5.86. The van der Waals surface area contributed by atoms with Gasteiger partial charge in [0.05, 0.1) is 29.1 Å². The number of methoxy groups -OCH3 is 1. The third-order valence-corrected chi connectivity index (χ3v) is 4.56. The van der Waals surface area contributed by atoms with Crippen molar-refractivity contribution in [2.75, 3.05) is 24.3 Å². The molecule has 0 spiro atoms. The van der Waals surface area contributed by atoms with Crippen LogP contribution in [-0.4, -0.2) is 19.6 Å². The standard InChI is InChI=1S/C18H16ClF3N2O2/c1-26-14-7-5-11(9-12(14)18(20,21)22)17(25)24-13-6-4-10-3-2-8-23-16(10)15(13)19/h4-7,9,23H,2-3,8H2,1H3,(H,24,25). The van der Waals surface area contributed by atoms with Crippen LogP contribution in [0.3, 0.4) is 0 Å². The smallest absolute Gasteiger partial charge is 0.419 e. The van der Waals surface area contributed by atoms with Crippen LogP contribution in [0.1, 0.15) is 27.9 Å². The minimum atomic E-state index is -4.63. The number of halogens is 4. The highest BCUT2D eigenvalue weighted by Crippen LogP contribution is 2.38. The van der Waals surface area contributed by atoms with Gasteiger partial charge < -0.3 is 15.4 Å². The number of ether oxygens (including phenoxy) is 1. The van der Waals surface area contributed by atoms with Crippen LogP contribution in [0.2, 0.25) is 5.02 Å². The second-order valence-corrected chi connectivity index (χ2v) is 6.24. The second kappa shape index (κ2) is 7.07. The Labute approximate surface area is 153 Å². The van der Waals surface area contributed by atoms with Crippen molar-refractivity contribution in [1.29, 1.82) is 0 Å². The van der Waals surface area contributed by atoms with Crippen molar-refractivity contribution in [3.8, 4) is 5.75 Å². The van der Waals surface area contributed by atoms with Gasteiger partial charge in [0.1, 0.15) is 5.75 Å². The van der Waals surface area contributed by atoms with E-state index >= 15 is 0 Å². The maximum atomic E-state index is 13.1. The molecule has 0 aliphatic carbocycles. The average molecular weight is 385 g/mol. The van der Waals surface area contributed by atoms with Crippen molar-refractivity contribution in [3.05, 3.63) is 52.0 Å². The van der Waals surface area contributed by atoms with Crippen molar-refractivity contribution in [3.63, 3.8) is 0 Å². The Hall–Kier alpha value is -2.41. The molecule has 0 aromatic heterocycles. The lowest BCUT2D eigenvalue weighted by atomic mass is 10.0. The molecule has 138 valence electrons. The Bertz CT molecular complexity index is 853. The molecule has 0 unspecified atom stereocenters. The largest absolute Gasteiger partial charge is 0.496 e. The summed E-state index contributed by atoms with van der Waals surface area (Å²) in [6, 6.07) is 6.65. The van der Waals surface area contributed by atoms with Crippen LogP contribution in [-0.2, 0) is 12.6 Å². The first-order valence-electron chi connectivity index (χ1n) is 7.93. The molecule has 1 amide bonds. The number of anilines is 2. The van der Waals surface area contributed by atoms with Gasteiger partial charge >= 0.3 is 6.18 Å². The first kappa shape index (κ1) is 18.4. The average Bonchev–Trinajstić information content (AvgIpc) is 2.63. The molecule has 0 saturated heterocycles. The fraction of sp³-hybridized carbons (Fsp3) is 0.278. The van der Waals surface area contributed by atoms with Crippen LogP contribution in [0, 0.1) is 0 Å². The molecule has 0 atom stereocenters. The van der Waals surface area contributed by atoms with Gasteiger partial charge in [-0.3, -0.25) is 4.79 Å². The SMILES string of the molecule is COc1ccc(C(=O)Nc2ccc3c(c2Cl)NCCC3)cc1C(F)(F)F. The number of nitrogens with one attached hydrogen (secondary N) is 2. The van der Waals surface area contributed by atoms with E-state index in [4.69, 9.17) is 16.3 Å². The van der Waals surface area contributed by atoms with Crippen LogP contribution in [0.25, 0.3) is 0 Å². The molecule has 4 nitrogen and oxygen atoms in total. The molecule has 2 N–H and O–H groups in total. The van der Waals surface area contributed by atoms with Gasteiger partial charge in [-0.05, 0) is 42.7 Å². The molecular weight excluding hydrogens is 369 g/mol. The van der Waals surface area contributed by atoms with E-state index in [-0.39, 0.29) is 11.3 Å². The summed E-state index contributed by atoms with van der Waals surface area (Å²) in [5.74, 6) is -1.03. The van der Waals surface area contributed by atoms with Crippen molar-refractivity contribution in [1.82, 2.24) is 0 Å². The summed E-state index contributed by atoms with van der Waals surface area (Å²) in [5.41, 5.74) is 0.990. The van der Waals surface area contributed by atoms with Crippen LogP contribution in [0.15, 0.2) is 30.3 Å². The Kier molecular flexibility index (Phi) is 5.00. The third-order valence-electron chi connectivity index (χ3n) is 4.17. The molecule has 1 aliphatic rings. The Balaban J connectivity index is 1.89. The zero-order chi connectivity index (χ0) is 18.9. The number of carbonyl (C=O) groups is 1. The van der Waals surface area contributed by atoms with E-state index in [1.807, 2.05) is 6.07 Å². The lowest BCUT2D eigenvalue weighted by Crippen LogP contribution is -2.17. The van der Waals surface area contributed by atoms with E-state index < -0.39 is 17.6 Å². The van der Waals surface area contributed by atoms with Gasteiger partial charge in [-0.15, -0.1) is 0 Å². The predicted octanol–water partition coefficient (Wildman–Crippen LogP) is 4.98. The molecule has 26 heavy (non-hydrogen) atoms. The summed E-state index contributed by atoms with van der Waals surface area (Å²) in [5, 5.41) is 6.10. The topological polar surface area (TPSA) is 50.4 Å². The van der Waals surface area contributed by atoms with Gasteiger partial charge in [-0.1, -0.05) is 17.7 Å². The molecule has 3 rings (SSSR count). The third kappa shape index (κ3) is 3.58. The van der Waals surface area contributed by atoms with Crippen molar-refractivity contribution in [2.45, 2.75) is 19.0 Å². The van der Waals surface area contributed by atoms with Crippen LogP contribution in [0.4, 0.5) is 24.5 Å². The van der Waals surface area contributed by atoms with E-state index in [1.165, 1.54) is 6.07 Å². The lowest BCUT2D eigenvalue weighted by molar-refractivity contribution is -0.138. The molecule has 2 aromatic carbocycles. The zero-order valence-electron chi connectivity index (χ0n) is 13.8. The number of fused-ring (bicyclic) bond motifs is 1. The Morgan fingerprint density at radius 1 is 1.27 bits per heavy atom. The minimum Gasteiger partial charge on any atom is -0.496 e. The Morgan fingerprint density at radius 2 is 2.04 bits per heavy atom. The summed E-state index contributed by atoms with van der Waals surface area (Å²) in [6.45, 7) is 0.775. The predicted molar refractivity (Wildman–Crippen MR) is 94.2 cm³/mol. The lowest BCUT2D eigenvalue weighted by Gasteiger charge is -2.21. The van der Waals surface area contributed by atoms with Crippen LogP contribution < -0.4 is 15.4 Å². The molecule has 1 heterocycles. The van der Waals surface area contributed by atoms with Crippen molar-refractivity contribution in [2.24, 2.45) is 0 Å². The van der Waals surface area contributed by atoms with E-state index in [0.29, 0.717) is 10.7 Å². The van der Waals surface area contributed by atoms with Gasteiger partial charge in [-0.2, -0.15) is 13.2 Å². The summed E-state index contributed by atoms with van der Waals surface area (Å²) in [7, 11) is 1.14. The maximum absolute atomic E-state index is 13.1. The highest BCUT2D eigenvalue weighted by atomic mass is 35.5. The fourth-order valence-electron chi connectivity index (χ4n) is 2.87. The van der Waals surface area contributed by atoms with Crippen LogP contribution in [0.5, 0.6) is 5.75 Å². The van der Waals surface area contributed by atoms with Gasteiger partial charge in [0.2, 0.25) is 0 Å². The molecular formula is C18H16ClF3N2O2. The molecule has 0 radical (unpaired) electrons. The number of amides is 1. The van der Waals surface area contributed by atoms with Crippen molar-refractivity contribution < 1.29 is 22.7 Å². The number of alkyl halides is 3. The maximum Gasteiger partial charge on any atom is 0.419 e. The number of hydrogen-bond donors (Lipinski definition) is 2. The molecule has 0 bridgehead atoms. The van der Waals surface area contributed by atoms with E-state index in [9.17, 15) is 18.0 Å². The number of hydrogen-bond acceptors (Lipinski definition) is 3. The first-order valence-corrected chi connectivity index (χ1v) is 8.31. The minimum absolute atomic E-state index is 0.139. The molecule has 1 aliphatic heterocycles. The van der Waals surface area contributed by atoms with E-state index in [1.54, 1.807) is 6.07 Å². The van der Waals surface area contributed by atoms with Gasteiger partial charge in [0.25, 0.3) is 5.91 Å². The molecule has 2 aromatic rings. The quantitative estimate of drug-likeness (QED) is 0.784. The summed E-state index contributed by atoms with van der Waals surface area (Å²) in [4.78, 5) is 12.4. The first-order chi connectivity index (χ1) is 12.3. The van der Waals surface area contributed by atoms with Crippen molar-refractivity contribution >= 4 is 28.9 Å². The zero-order valence-corrected chi connectivity index (χ0v) is 14.6. The summed E-state index contributed by atoms with van der Waals surface area (Å²) < 4.78 is 44.1. The van der Waals surface area contributed by atoms with E-state index in [0.717, 1.165) is 49.9 Å². The van der Waals surface area contributed by atoms with Gasteiger partial charge in [-0.25, -0.2) is 0 Å². The number of benzene rings is 2. The number of aryl methyl sites for hydroxylation is 1. The molecule has 8 heteroatoms. The summed E-state index contributed by atoms with van der Waals surface area (Å²) in [6.07, 6.45) is -2.76. The molecule has 0 fully saturated rings. The monoisotopic (exact) mass is 384 g/mol. The fourth-order valence-corrected chi connectivity index (χ4v) is 3.17. The molecule has 0 saturated carbocycles. The normalized spacial score (nSPS) is 13.6. The highest BCUT2D eigenvalue weighted by Gasteiger charge is 2.35. The number of carbonyl (C=O) groups excluding carboxylic acids is 1. The van der Waals surface area contributed by atoms with Gasteiger partial charge in [0.15, 0.2) is 0 Å². The summed E-state index contributed by atoms with van der Waals surface area (Å²) >= 11 is 6.33. The Morgan fingerprint density at radius 3 is 2.73 bits per heavy atom. The van der Waals surface area contributed by atoms with E-state index in [2.05, 4.69) is 10.6 Å². The number of rotatable bonds is 3.